The zero-order chi connectivity index (χ0) is 39.4. The number of rotatable bonds is 13. The van der Waals surface area contributed by atoms with Gasteiger partial charge in [0.1, 0.15) is 35.4 Å². The fraction of sp³-hybridized carbons (Fsp3) is 0.349. The summed E-state index contributed by atoms with van der Waals surface area (Å²) in [6.07, 6.45) is 0.765. The molecule has 0 aliphatic carbocycles. The molecular weight excluding hydrogens is 699 g/mol. The second-order valence-electron chi connectivity index (χ2n) is 15.2. The SMILES string of the molecule is CC(=O)N[C@@H](CC(C)C)C(=O)NC(CC(C)C)C(=O)N[C@@H](Cc1ccc(O)cc1)C(=O)Nc1ccc2c(c1)Oc1cc(N)ccc1C21OCc2ccccc21. The van der Waals surface area contributed by atoms with Crippen LogP contribution in [0.15, 0.2) is 84.9 Å². The Bertz CT molecular complexity index is 2080. The summed E-state index contributed by atoms with van der Waals surface area (Å²) in [7, 11) is 0. The van der Waals surface area contributed by atoms with Gasteiger partial charge < -0.3 is 41.6 Å². The van der Waals surface area contributed by atoms with E-state index in [-0.39, 0.29) is 29.9 Å². The molecule has 2 heterocycles. The quantitative estimate of drug-likeness (QED) is 0.0950. The van der Waals surface area contributed by atoms with Gasteiger partial charge in [0, 0.05) is 48.0 Å². The minimum Gasteiger partial charge on any atom is -0.508 e. The van der Waals surface area contributed by atoms with Gasteiger partial charge in [0.2, 0.25) is 23.6 Å². The summed E-state index contributed by atoms with van der Waals surface area (Å²) in [5, 5.41) is 21.3. The molecule has 4 amide bonds. The Hall–Kier alpha value is -5.88. The first-order valence-electron chi connectivity index (χ1n) is 18.6. The molecule has 2 aliphatic rings. The monoisotopic (exact) mass is 747 g/mol. The van der Waals surface area contributed by atoms with Crippen molar-refractivity contribution in [2.75, 3.05) is 11.1 Å². The number of benzene rings is 4. The van der Waals surface area contributed by atoms with E-state index >= 15 is 0 Å². The number of phenolic OH excluding ortho intramolecular Hbond substituents is 1. The van der Waals surface area contributed by atoms with Crippen LogP contribution in [-0.4, -0.2) is 46.9 Å². The highest BCUT2D eigenvalue weighted by Gasteiger charge is 2.49. The Labute approximate surface area is 321 Å². The van der Waals surface area contributed by atoms with E-state index in [0.29, 0.717) is 47.9 Å². The van der Waals surface area contributed by atoms with Crippen molar-refractivity contribution in [3.63, 3.8) is 0 Å². The summed E-state index contributed by atoms with van der Waals surface area (Å²) in [5.41, 5.74) is 10.5. The van der Waals surface area contributed by atoms with Crippen LogP contribution in [0.1, 0.15) is 75.3 Å². The maximum absolute atomic E-state index is 14.2. The van der Waals surface area contributed by atoms with E-state index in [1.807, 2.05) is 70.2 Å². The van der Waals surface area contributed by atoms with Crippen LogP contribution in [0.3, 0.4) is 0 Å². The van der Waals surface area contributed by atoms with E-state index in [4.69, 9.17) is 15.2 Å². The largest absolute Gasteiger partial charge is 0.508 e. The van der Waals surface area contributed by atoms with Crippen molar-refractivity contribution in [3.8, 4) is 17.2 Å². The Morgan fingerprint density at radius 1 is 0.727 bits per heavy atom. The molecule has 55 heavy (non-hydrogen) atoms. The number of hydrogen-bond donors (Lipinski definition) is 6. The van der Waals surface area contributed by atoms with Gasteiger partial charge in [-0.2, -0.15) is 0 Å². The Morgan fingerprint density at radius 3 is 1.98 bits per heavy atom. The van der Waals surface area contributed by atoms with E-state index in [1.54, 1.807) is 30.3 Å². The third-order valence-corrected chi connectivity index (χ3v) is 9.82. The lowest BCUT2D eigenvalue weighted by atomic mass is 9.77. The van der Waals surface area contributed by atoms with Gasteiger partial charge in [0.05, 0.1) is 6.61 Å². The number of nitrogens with one attached hydrogen (secondary N) is 4. The molecule has 2 aliphatic heterocycles. The Balaban J connectivity index is 1.28. The minimum absolute atomic E-state index is 0.0137. The number of anilines is 2. The topological polar surface area (TPSA) is 181 Å². The molecule has 0 saturated carbocycles. The molecular formula is C43H49N5O7. The number of carbonyl (C=O) groups excluding carboxylic acids is 4. The van der Waals surface area contributed by atoms with Gasteiger partial charge in [0.15, 0.2) is 5.60 Å². The third kappa shape index (κ3) is 8.60. The molecule has 4 atom stereocenters. The average Bonchev–Trinajstić information content (AvgIpc) is 3.50. The number of hydrogen-bond acceptors (Lipinski definition) is 8. The van der Waals surface area contributed by atoms with E-state index in [1.165, 1.54) is 19.1 Å². The van der Waals surface area contributed by atoms with E-state index in [2.05, 4.69) is 21.3 Å². The average molecular weight is 748 g/mol. The Kier molecular flexibility index (Phi) is 11.5. The normalized spacial score (nSPS) is 16.9. The summed E-state index contributed by atoms with van der Waals surface area (Å²) >= 11 is 0. The molecule has 0 aromatic heterocycles. The Morgan fingerprint density at radius 2 is 1.33 bits per heavy atom. The van der Waals surface area contributed by atoms with Crippen LogP contribution in [0.5, 0.6) is 17.2 Å². The smallest absolute Gasteiger partial charge is 0.247 e. The number of carbonyl (C=O) groups is 4. The van der Waals surface area contributed by atoms with Crippen molar-refractivity contribution in [1.82, 2.24) is 16.0 Å². The predicted molar refractivity (Wildman–Crippen MR) is 209 cm³/mol. The summed E-state index contributed by atoms with van der Waals surface area (Å²) in [4.78, 5) is 53.5. The predicted octanol–water partition coefficient (Wildman–Crippen LogP) is 5.65. The summed E-state index contributed by atoms with van der Waals surface area (Å²) < 4.78 is 13.0. The number of fused-ring (bicyclic) bond motifs is 6. The first kappa shape index (κ1) is 38.8. The molecule has 0 bridgehead atoms. The maximum atomic E-state index is 14.2. The molecule has 4 aromatic rings. The third-order valence-electron chi connectivity index (χ3n) is 9.82. The lowest BCUT2D eigenvalue weighted by molar-refractivity contribution is -0.133. The van der Waals surface area contributed by atoms with Crippen molar-refractivity contribution in [3.05, 3.63) is 113 Å². The van der Waals surface area contributed by atoms with E-state index in [0.717, 1.165) is 22.3 Å². The van der Waals surface area contributed by atoms with Gasteiger partial charge in [-0.25, -0.2) is 0 Å². The zero-order valence-corrected chi connectivity index (χ0v) is 31.8. The zero-order valence-electron chi connectivity index (χ0n) is 31.8. The number of ether oxygens (including phenoxy) is 2. The molecule has 288 valence electrons. The summed E-state index contributed by atoms with van der Waals surface area (Å²) in [5.74, 6) is -0.696. The molecule has 4 aromatic carbocycles. The molecule has 0 radical (unpaired) electrons. The van der Waals surface area contributed by atoms with E-state index in [9.17, 15) is 24.3 Å². The molecule has 7 N–H and O–H groups in total. The molecule has 2 unspecified atom stereocenters. The van der Waals surface area contributed by atoms with Crippen LogP contribution < -0.4 is 31.7 Å². The second-order valence-corrected chi connectivity index (χ2v) is 15.2. The molecule has 0 saturated heterocycles. The van der Waals surface area contributed by atoms with Gasteiger partial charge in [-0.05, 0) is 77.8 Å². The van der Waals surface area contributed by atoms with Crippen LogP contribution in [0, 0.1) is 11.8 Å². The molecule has 12 nitrogen and oxygen atoms in total. The summed E-state index contributed by atoms with van der Waals surface area (Å²) in [6.45, 7) is 9.48. The number of aromatic hydroxyl groups is 1. The summed E-state index contributed by atoms with van der Waals surface area (Å²) in [6, 6.07) is 22.4. The lowest BCUT2D eigenvalue weighted by Crippen LogP contribution is -2.56. The van der Waals surface area contributed by atoms with Crippen molar-refractivity contribution < 1.29 is 33.8 Å². The molecule has 1 spiro atoms. The van der Waals surface area contributed by atoms with Gasteiger partial charge in [-0.15, -0.1) is 0 Å². The number of amides is 4. The fourth-order valence-electron chi connectivity index (χ4n) is 7.35. The van der Waals surface area contributed by atoms with Crippen LogP contribution in [0.25, 0.3) is 0 Å². The number of nitrogen functional groups attached to an aromatic ring is 1. The number of phenols is 1. The lowest BCUT2D eigenvalue weighted by Gasteiger charge is -2.37. The van der Waals surface area contributed by atoms with Gasteiger partial charge in [-0.1, -0.05) is 64.1 Å². The van der Waals surface area contributed by atoms with Crippen LogP contribution in [0.2, 0.25) is 0 Å². The van der Waals surface area contributed by atoms with Crippen molar-refractivity contribution in [1.29, 1.82) is 0 Å². The molecule has 6 rings (SSSR count). The van der Waals surface area contributed by atoms with Gasteiger partial charge in [0.25, 0.3) is 0 Å². The van der Waals surface area contributed by atoms with Crippen molar-refractivity contribution in [2.45, 2.75) is 84.2 Å². The van der Waals surface area contributed by atoms with Crippen LogP contribution in [-0.2, 0) is 42.5 Å². The number of nitrogens with two attached hydrogens (primary N) is 1. The highest BCUT2D eigenvalue weighted by molar-refractivity contribution is 5.99. The maximum Gasteiger partial charge on any atom is 0.247 e. The first-order chi connectivity index (χ1) is 26.2. The minimum atomic E-state index is -1.08. The van der Waals surface area contributed by atoms with Crippen LogP contribution in [0.4, 0.5) is 11.4 Å². The van der Waals surface area contributed by atoms with E-state index < -0.39 is 41.4 Å². The highest BCUT2D eigenvalue weighted by atomic mass is 16.5. The second kappa shape index (κ2) is 16.2. The molecule has 12 heteroatoms. The fourth-order valence-corrected chi connectivity index (χ4v) is 7.35. The van der Waals surface area contributed by atoms with Crippen molar-refractivity contribution >= 4 is 35.0 Å². The van der Waals surface area contributed by atoms with Crippen molar-refractivity contribution in [2.24, 2.45) is 11.8 Å². The van der Waals surface area contributed by atoms with Gasteiger partial charge >= 0.3 is 0 Å². The standard InChI is InChI=1S/C43H49N5O7/c1-24(2)18-35(45-26(5)49)41(52)47-36(19-25(3)4)42(53)48-37(20-27-10-14-31(50)15-11-27)40(51)46-30-13-17-34-39(22-30)55-38-21-29(44)12-16-33(38)43(34)32-9-7-6-8-28(32)23-54-43/h6-17,21-22,24-25,35-37,50H,18-20,23,44H2,1-5H3,(H,45,49)(H,46,51)(H,47,52)(H,48,53)/t35-,36?,37-,43?/m0/s1. The first-order valence-corrected chi connectivity index (χ1v) is 18.6. The van der Waals surface area contributed by atoms with Gasteiger partial charge in [-0.3, -0.25) is 19.2 Å². The van der Waals surface area contributed by atoms with Crippen LogP contribution >= 0.6 is 0 Å². The molecule has 0 fully saturated rings. The highest BCUT2D eigenvalue weighted by Crippen LogP contribution is 2.56.